The average molecular weight is 548 g/mol. The first-order chi connectivity index (χ1) is 20.1. The Morgan fingerprint density at radius 1 is 0.927 bits per heavy atom. The Balaban J connectivity index is 2.09. The van der Waals surface area contributed by atoms with Gasteiger partial charge in [-0.2, -0.15) is 15.8 Å². The molecule has 0 fully saturated rings. The fraction of sp³-hybridized carbons (Fsp3) is 0.265. The van der Waals surface area contributed by atoms with Crippen LogP contribution in [0.4, 0.5) is 11.4 Å². The average Bonchev–Trinajstić information content (AvgIpc) is 3.01. The van der Waals surface area contributed by atoms with Gasteiger partial charge in [0, 0.05) is 49.5 Å². The van der Waals surface area contributed by atoms with E-state index in [4.69, 9.17) is 15.6 Å². The number of hydrogen-bond donors (Lipinski definition) is 3. The summed E-state index contributed by atoms with van der Waals surface area (Å²) in [4.78, 5) is 2.18. The van der Waals surface area contributed by atoms with Crippen LogP contribution in [0.3, 0.4) is 0 Å². The zero-order valence-corrected chi connectivity index (χ0v) is 23.5. The monoisotopic (exact) mass is 547 g/mol. The lowest BCUT2D eigenvalue weighted by molar-refractivity contribution is 0.289. The lowest BCUT2D eigenvalue weighted by Gasteiger charge is -2.25. The highest BCUT2D eigenvalue weighted by Gasteiger charge is 2.08. The van der Waals surface area contributed by atoms with Crippen molar-refractivity contribution in [3.8, 4) is 18.2 Å². The Morgan fingerprint density at radius 3 is 2.24 bits per heavy atom. The van der Waals surface area contributed by atoms with Gasteiger partial charge in [0.05, 0.1) is 6.07 Å². The molecule has 3 N–H and O–H groups in total. The van der Waals surface area contributed by atoms with E-state index < -0.39 is 0 Å². The van der Waals surface area contributed by atoms with Gasteiger partial charge in [0.25, 0.3) is 0 Å². The van der Waals surface area contributed by atoms with E-state index in [1.54, 1.807) is 6.08 Å². The number of rotatable bonds is 16. The van der Waals surface area contributed by atoms with Crippen molar-refractivity contribution in [3.05, 3.63) is 113 Å². The molecular formula is C34H37N5O2. The van der Waals surface area contributed by atoms with Gasteiger partial charge in [-0.05, 0) is 84.9 Å². The van der Waals surface area contributed by atoms with E-state index in [9.17, 15) is 10.4 Å². The summed E-state index contributed by atoms with van der Waals surface area (Å²) in [7, 11) is 0. The third-order valence-corrected chi connectivity index (χ3v) is 6.06. The van der Waals surface area contributed by atoms with Crippen LogP contribution < -0.4 is 10.2 Å². The Kier molecular flexibility index (Phi) is 15.2. The number of anilines is 2. The van der Waals surface area contributed by atoms with Crippen molar-refractivity contribution < 1.29 is 10.2 Å². The minimum atomic E-state index is 0.0578. The zero-order valence-electron chi connectivity index (χ0n) is 23.5. The first-order valence-electron chi connectivity index (χ1n) is 13.6. The third-order valence-electron chi connectivity index (χ3n) is 6.06. The molecule has 0 saturated carbocycles. The molecule has 0 aliphatic carbocycles. The van der Waals surface area contributed by atoms with Crippen LogP contribution in [0.15, 0.2) is 102 Å². The standard InChI is InChI=1S/C34H37N5O2/c1-2-28(24-35)22-29(8-4-3-5-20-40)9-6-18-38-33-14-10-31(11-15-33)27-39(19-7-21-41)34-16-12-30(13-17-34)23-32(25-36)26-37/h4,6,8-18,22-23,38,40-41H,2-3,5,7,19-21,27H2,1H3/b8-4-,18-6+,28-22+,29-9+. The van der Waals surface area contributed by atoms with Gasteiger partial charge in [0.15, 0.2) is 0 Å². The summed E-state index contributed by atoms with van der Waals surface area (Å²) >= 11 is 0. The van der Waals surface area contributed by atoms with Crippen molar-refractivity contribution in [2.75, 3.05) is 30.0 Å². The summed E-state index contributed by atoms with van der Waals surface area (Å²) in [6, 6.07) is 21.7. The number of aliphatic hydroxyl groups is 2. The molecule has 2 aromatic carbocycles. The van der Waals surface area contributed by atoms with Gasteiger partial charge >= 0.3 is 0 Å². The van der Waals surface area contributed by atoms with Crippen molar-refractivity contribution in [2.24, 2.45) is 0 Å². The van der Waals surface area contributed by atoms with Gasteiger partial charge in [-0.25, -0.2) is 0 Å². The number of allylic oxidation sites excluding steroid dienone is 8. The molecular weight excluding hydrogens is 510 g/mol. The molecule has 0 spiro atoms. The van der Waals surface area contributed by atoms with E-state index in [0.717, 1.165) is 34.5 Å². The van der Waals surface area contributed by atoms with Crippen molar-refractivity contribution in [1.29, 1.82) is 15.8 Å². The van der Waals surface area contributed by atoms with Crippen LogP contribution in [0.1, 0.15) is 43.7 Å². The Hall–Kier alpha value is -4.87. The highest BCUT2D eigenvalue weighted by Crippen LogP contribution is 2.21. The molecule has 0 unspecified atom stereocenters. The summed E-state index contributed by atoms with van der Waals surface area (Å²) in [6.45, 7) is 3.54. The second-order valence-electron chi connectivity index (χ2n) is 9.14. The number of hydrogen-bond acceptors (Lipinski definition) is 7. The summed E-state index contributed by atoms with van der Waals surface area (Å²) in [5, 5.41) is 48.9. The lowest BCUT2D eigenvalue weighted by Crippen LogP contribution is -2.24. The molecule has 41 heavy (non-hydrogen) atoms. The van der Waals surface area contributed by atoms with Gasteiger partial charge < -0.3 is 20.4 Å². The van der Waals surface area contributed by atoms with Gasteiger partial charge in [-0.1, -0.05) is 49.4 Å². The van der Waals surface area contributed by atoms with E-state index >= 15 is 0 Å². The second kappa shape index (κ2) is 19.2. The molecule has 0 bridgehead atoms. The topological polar surface area (TPSA) is 127 Å². The molecule has 0 atom stereocenters. The zero-order chi connectivity index (χ0) is 29.7. The molecule has 0 aliphatic rings. The largest absolute Gasteiger partial charge is 0.396 e. The molecule has 2 aromatic rings. The maximum Gasteiger partial charge on any atom is 0.130 e. The lowest BCUT2D eigenvalue weighted by atomic mass is 10.1. The van der Waals surface area contributed by atoms with Crippen LogP contribution in [-0.2, 0) is 6.54 Å². The molecule has 2 rings (SSSR count). The first kappa shape index (κ1) is 32.3. The number of nitrogens with one attached hydrogen (secondary N) is 1. The number of unbranched alkanes of at least 4 members (excludes halogenated alkanes) is 1. The van der Waals surface area contributed by atoms with E-state index in [1.165, 1.54) is 0 Å². The van der Waals surface area contributed by atoms with Crippen LogP contribution in [0.5, 0.6) is 0 Å². The normalized spacial score (nSPS) is 11.6. The molecule has 7 nitrogen and oxygen atoms in total. The molecule has 0 saturated heterocycles. The van der Waals surface area contributed by atoms with Crippen molar-refractivity contribution in [1.82, 2.24) is 0 Å². The minimum Gasteiger partial charge on any atom is -0.396 e. The predicted octanol–water partition coefficient (Wildman–Crippen LogP) is 6.55. The summed E-state index contributed by atoms with van der Waals surface area (Å²) in [5.41, 5.74) is 5.49. The van der Waals surface area contributed by atoms with Gasteiger partial charge in [0.1, 0.15) is 17.7 Å². The fourth-order valence-corrected chi connectivity index (χ4v) is 3.82. The third kappa shape index (κ3) is 12.2. The van der Waals surface area contributed by atoms with Crippen LogP contribution in [0.2, 0.25) is 0 Å². The van der Waals surface area contributed by atoms with Gasteiger partial charge in [-0.3, -0.25) is 0 Å². The summed E-state index contributed by atoms with van der Waals surface area (Å²) in [6.07, 6.45) is 15.8. The van der Waals surface area contributed by atoms with E-state index in [2.05, 4.69) is 28.4 Å². The van der Waals surface area contributed by atoms with Crippen LogP contribution in [0.25, 0.3) is 6.08 Å². The van der Waals surface area contributed by atoms with Crippen molar-refractivity contribution in [2.45, 2.75) is 39.2 Å². The molecule has 0 aliphatic heterocycles. The van der Waals surface area contributed by atoms with Crippen molar-refractivity contribution in [3.63, 3.8) is 0 Å². The molecule has 7 heteroatoms. The van der Waals surface area contributed by atoms with Crippen LogP contribution in [-0.4, -0.2) is 30.0 Å². The van der Waals surface area contributed by atoms with Crippen LogP contribution >= 0.6 is 0 Å². The number of nitriles is 3. The SMILES string of the molecule is CC\C(C#N)=C/C(/C=C\CCCO)=C/C=C/Nc1ccc(CN(CCCO)c2ccc(C=C(C#N)C#N)cc2)cc1. The van der Waals surface area contributed by atoms with Crippen LogP contribution in [0, 0.1) is 34.0 Å². The second-order valence-corrected chi connectivity index (χ2v) is 9.14. The Morgan fingerprint density at radius 2 is 1.63 bits per heavy atom. The van der Waals surface area contributed by atoms with E-state index in [0.29, 0.717) is 37.9 Å². The predicted molar refractivity (Wildman–Crippen MR) is 165 cm³/mol. The number of benzene rings is 2. The highest BCUT2D eigenvalue weighted by molar-refractivity contribution is 5.64. The van der Waals surface area contributed by atoms with E-state index in [-0.39, 0.29) is 18.8 Å². The minimum absolute atomic E-state index is 0.0578. The molecule has 210 valence electrons. The Labute approximate surface area is 243 Å². The summed E-state index contributed by atoms with van der Waals surface area (Å²) in [5.74, 6) is 0. The maximum absolute atomic E-state index is 9.39. The molecule has 0 aromatic heterocycles. The first-order valence-corrected chi connectivity index (χ1v) is 13.6. The smallest absolute Gasteiger partial charge is 0.130 e. The Bertz CT molecular complexity index is 1350. The molecule has 0 amide bonds. The number of nitrogens with zero attached hydrogens (tertiary/aromatic N) is 4. The molecule has 0 heterocycles. The maximum atomic E-state index is 9.39. The van der Waals surface area contributed by atoms with Crippen molar-refractivity contribution >= 4 is 17.5 Å². The summed E-state index contributed by atoms with van der Waals surface area (Å²) < 4.78 is 0. The number of aliphatic hydroxyl groups excluding tert-OH is 2. The quantitative estimate of drug-likeness (QED) is 0.124. The molecule has 0 radical (unpaired) electrons. The highest BCUT2D eigenvalue weighted by atomic mass is 16.3. The fourth-order valence-electron chi connectivity index (χ4n) is 3.82. The van der Waals surface area contributed by atoms with E-state index in [1.807, 2.05) is 92.0 Å². The van der Waals surface area contributed by atoms with Gasteiger partial charge in [-0.15, -0.1) is 0 Å². The van der Waals surface area contributed by atoms with Gasteiger partial charge in [0.2, 0.25) is 0 Å².